The molecule has 0 bridgehead atoms. The summed E-state index contributed by atoms with van der Waals surface area (Å²) in [5, 5.41) is 5.35. The fourth-order valence-electron chi connectivity index (χ4n) is 4.50. The lowest BCUT2D eigenvalue weighted by atomic mass is 9.98. The summed E-state index contributed by atoms with van der Waals surface area (Å²) in [6.07, 6.45) is 3.54. The molecule has 1 unspecified atom stereocenters. The molecule has 0 saturated heterocycles. The van der Waals surface area contributed by atoms with Crippen molar-refractivity contribution in [2.75, 3.05) is 24.1 Å². The third-order valence-electron chi connectivity index (χ3n) is 6.07. The predicted molar refractivity (Wildman–Crippen MR) is 139 cm³/mol. The number of hydrogen-bond acceptors (Lipinski definition) is 9. The lowest BCUT2D eigenvalue weighted by Gasteiger charge is -2.35. The molecule has 1 aliphatic heterocycles. The van der Waals surface area contributed by atoms with Gasteiger partial charge in [-0.05, 0) is 44.0 Å². The highest BCUT2D eigenvalue weighted by Gasteiger charge is 2.39. The molecule has 4 aromatic rings. The molecule has 5 rings (SSSR count). The van der Waals surface area contributed by atoms with Crippen LogP contribution in [0.15, 0.2) is 24.4 Å². The maximum absolute atomic E-state index is 15.2. The molecule has 0 aromatic carbocycles. The van der Waals surface area contributed by atoms with E-state index in [1.807, 2.05) is 13.8 Å². The molecule has 4 aromatic heterocycles. The molecule has 0 aliphatic carbocycles. The van der Waals surface area contributed by atoms with Crippen LogP contribution in [0.2, 0.25) is 0 Å². The van der Waals surface area contributed by atoms with Crippen molar-refractivity contribution in [3.8, 4) is 5.75 Å². The van der Waals surface area contributed by atoms with Gasteiger partial charge in [-0.25, -0.2) is 27.3 Å². The molecule has 14 heteroatoms. The van der Waals surface area contributed by atoms with Crippen molar-refractivity contribution in [3.63, 3.8) is 0 Å². The number of imidazole rings is 1. The van der Waals surface area contributed by atoms with E-state index in [0.29, 0.717) is 47.0 Å². The Morgan fingerprint density at radius 1 is 1.29 bits per heavy atom. The first-order valence-corrected chi connectivity index (χ1v) is 14.6. The van der Waals surface area contributed by atoms with Gasteiger partial charge in [0.2, 0.25) is 15.0 Å². The molecular formula is C24H26FN7O4S2. The van der Waals surface area contributed by atoms with Gasteiger partial charge in [0, 0.05) is 19.2 Å². The van der Waals surface area contributed by atoms with Crippen LogP contribution in [0.5, 0.6) is 5.75 Å². The van der Waals surface area contributed by atoms with Crippen LogP contribution < -0.4 is 9.46 Å². The highest BCUT2D eigenvalue weighted by atomic mass is 32.2. The second-order valence-corrected chi connectivity index (χ2v) is 11.9. The smallest absolute Gasteiger partial charge is 0.261 e. The van der Waals surface area contributed by atoms with Crippen molar-refractivity contribution in [3.05, 3.63) is 63.6 Å². The summed E-state index contributed by atoms with van der Waals surface area (Å²) in [5.74, 6) is -0.369. The Labute approximate surface area is 222 Å². The third-order valence-corrected chi connectivity index (χ3v) is 7.47. The van der Waals surface area contributed by atoms with E-state index in [0.717, 1.165) is 17.0 Å². The fourth-order valence-corrected chi connectivity index (χ4v) is 5.76. The number of nitrogens with one attached hydrogen (secondary N) is 1. The van der Waals surface area contributed by atoms with Gasteiger partial charge in [0.25, 0.3) is 5.91 Å². The van der Waals surface area contributed by atoms with Crippen molar-refractivity contribution in [2.45, 2.75) is 39.7 Å². The molecule has 1 amide bonds. The van der Waals surface area contributed by atoms with Gasteiger partial charge in [0.1, 0.15) is 34.1 Å². The zero-order valence-corrected chi connectivity index (χ0v) is 22.9. The number of pyridine rings is 2. The summed E-state index contributed by atoms with van der Waals surface area (Å²) in [4.78, 5) is 29.1. The second kappa shape index (κ2) is 9.91. The Morgan fingerprint density at radius 3 is 2.79 bits per heavy atom. The van der Waals surface area contributed by atoms with E-state index >= 15 is 4.39 Å². The van der Waals surface area contributed by atoms with E-state index in [2.05, 4.69) is 24.8 Å². The lowest BCUT2D eigenvalue weighted by molar-refractivity contribution is -0.135. The number of halogens is 1. The molecule has 0 fully saturated rings. The van der Waals surface area contributed by atoms with Gasteiger partial charge in [-0.3, -0.25) is 14.5 Å². The number of anilines is 1. The third kappa shape index (κ3) is 5.05. The first-order chi connectivity index (χ1) is 18.0. The van der Waals surface area contributed by atoms with Crippen LogP contribution in [-0.4, -0.2) is 63.2 Å². The minimum absolute atomic E-state index is 0.115. The Morgan fingerprint density at radius 2 is 2.08 bits per heavy atom. The lowest BCUT2D eigenvalue weighted by Crippen LogP contribution is -2.44. The van der Waals surface area contributed by atoms with Gasteiger partial charge in [-0.15, -0.1) is 0 Å². The first-order valence-electron chi connectivity index (χ1n) is 11.9. The molecule has 11 nitrogen and oxygen atoms in total. The molecule has 1 aliphatic rings. The number of amides is 1. The summed E-state index contributed by atoms with van der Waals surface area (Å²) in [7, 11) is -3.49. The Kier molecular flexibility index (Phi) is 6.77. The Balaban J connectivity index is 1.46. The maximum atomic E-state index is 15.2. The maximum Gasteiger partial charge on any atom is 0.261 e. The SMILES string of the molecule is CCc1nc(NS(C)(=O)=O)ccc1OCC(=O)N1CCc2nc3sc(C)nn3c2C1c1ncc(C)cc1F. The van der Waals surface area contributed by atoms with Crippen LogP contribution in [0.4, 0.5) is 10.2 Å². The zero-order valence-electron chi connectivity index (χ0n) is 21.2. The highest BCUT2D eigenvalue weighted by Crippen LogP contribution is 2.37. The van der Waals surface area contributed by atoms with Gasteiger partial charge < -0.3 is 9.64 Å². The van der Waals surface area contributed by atoms with Crippen molar-refractivity contribution >= 4 is 38.0 Å². The zero-order chi connectivity index (χ0) is 27.2. The molecule has 0 spiro atoms. The van der Waals surface area contributed by atoms with E-state index in [4.69, 9.17) is 4.74 Å². The van der Waals surface area contributed by atoms with E-state index in [-0.39, 0.29) is 24.0 Å². The summed E-state index contributed by atoms with van der Waals surface area (Å²) in [5.41, 5.74) is 2.65. The van der Waals surface area contributed by atoms with Crippen LogP contribution >= 0.6 is 11.3 Å². The number of ether oxygens (including phenoxy) is 1. The molecule has 0 saturated carbocycles. The summed E-state index contributed by atoms with van der Waals surface area (Å²) in [6, 6.07) is 3.59. The van der Waals surface area contributed by atoms with Crippen LogP contribution in [0.1, 0.15) is 46.3 Å². The number of fused-ring (bicyclic) bond motifs is 3. The standard InChI is InChI=1S/C24H26FN7O4S2/c1-5-16-18(6-7-19(27-16)30-38(4,34)35)36-12-20(33)31-9-8-17-22(32-24(28-17)37-14(3)29-32)23(31)21-15(25)10-13(2)11-26-21/h6-7,10-11,23H,5,8-9,12H2,1-4H3,(H,27,30). The van der Waals surface area contributed by atoms with Crippen LogP contribution in [0.25, 0.3) is 4.96 Å². The number of aryl methyl sites for hydroxylation is 3. The van der Waals surface area contributed by atoms with Gasteiger partial charge >= 0.3 is 0 Å². The van der Waals surface area contributed by atoms with E-state index < -0.39 is 21.9 Å². The summed E-state index contributed by atoms with van der Waals surface area (Å²) >= 11 is 1.42. The minimum Gasteiger partial charge on any atom is -0.482 e. The average molecular weight is 560 g/mol. The predicted octanol–water partition coefficient (Wildman–Crippen LogP) is 2.82. The number of sulfonamides is 1. The molecule has 38 heavy (non-hydrogen) atoms. The number of rotatable bonds is 7. The normalized spacial score (nSPS) is 15.5. The molecule has 1 N–H and O–H groups in total. The molecule has 200 valence electrons. The van der Waals surface area contributed by atoms with Crippen molar-refractivity contribution in [1.82, 2.24) is 29.5 Å². The molecule has 0 radical (unpaired) electrons. The van der Waals surface area contributed by atoms with Crippen molar-refractivity contribution in [2.24, 2.45) is 0 Å². The van der Waals surface area contributed by atoms with Gasteiger partial charge in [0.15, 0.2) is 6.61 Å². The average Bonchev–Trinajstić information content (AvgIpc) is 3.37. The number of nitrogens with zero attached hydrogens (tertiary/aromatic N) is 6. The number of aromatic nitrogens is 5. The Bertz CT molecular complexity index is 1650. The number of carbonyl (C=O) groups excluding carboxylic acids is 1. The Hall–Kier alpha value is -3.65. The van der Waals surface area contributed by atoms with Crippen LogP contribution in [-0.2, 0) is 27.7 Å². The second-order valence-electron chi connectivity index (χ2n) is 9.04. The van der Waals surface area contributed by atoms with E-state index in [1.165, 1.54) is 23.5 Å². The van der Waals surface area contributed by atoms with E-state index in [9.17, 15) is 13.2 Å². The van der Waals surface area contributed by atoms with Crippen LogP contribution in [0, 0.1) is 19.7 Å². The molecule has 5 heterocycles. The van der Waals surface area contributed by atoms with E-state index in [1.54, 1.807) is 28.6 Å². The molecule has 1 atom stereocenters. The van der Waals surface area contributed by atoms with Crippen molar-refractivity contribution in [1.29, 1.82) is 0 Å². The largest absolute Gasteiger partial charge is 0.482 e. The van der Waals surface area contributed by atoms with Gasteiger partial charge in [0.05, 0.1) is 23.3 Å². The van der Waals surface area contributed by atoms with Crippen LogP contribution in [0.3, 0.4) is 0 Å². The summed E-state index contributed by atoms with van der Waals surface area (Å²) in [6.45, 7) is 5.43. The number of carbonyl (C=O) groups is 1. The van der Waals surface area contributed by atoms with Crippen molar-refractivity contribution < 1.29 is 22.3 Å². The highest BCUT2D eigenvalue weighted by molar-refractivity contribution is 7.92. The minimum atomic E-state index is -3.49. The number of hydrogen-bond donors (Lipinski definition) is 1. The summed E-state index contributed by atoms with van der Waals surface area (Å²) < 4.78 is 48.2. The van der Waals surface area contributed by atoms with Gasteiger partial charge in [-0.1, -0.05) is 18.3 Å². The quantitative estimate of drug-likeness (QED) is 0.366. The topological polar surface area (TPSA) is 132 Å². The molecular weight excluding hydrogens is 533 g/mol. The first kappa shape index (κ1) is 26.0. The van der Waals surface area contributed by atoms with Gasteiger partial charge in [-0.2, -0.15) is 5.10 Å². The fraction of sp³-hybridized carbons (Fsp3) is 0.375. The monoisotopic (exact) mass is 559 g/mol.